The zero-order valence-corrected chi connectivity index (χ0v) is 18.9. The van der Waals surface area contributed by atoms with Crippen LogP contribution in [-0.2, 0) is 16.7 Å². The molecule has 0 bridgehead atoms. The van der Waals surface area contributed by atoms with Crippen molar-refractivity contribution < 1.29 is 13.5 Å². The molecule has 0 amide bonds. The molecule has 1 aromatic heterocycles. The van der Waals surface area contributed by atoms with E-state index in [0.717, 1.165) is 31.0 Å². The van der Waals surface area contributed by atoms with Crippen LogP contribution in [-0.4, -0.2) is 55.2 Å². The van der Waals surface area contributed by atoms with Crippen LogP contribution in [0, 0.1) is 5.82 Å². The van der Waals surface area contributed by atoms with Crippen LogP contribution in [0.15, 0.2) is 39.9 Å². The van der Waals surface area contributed by atoms with Gasteiger partial charge in [-0.1, -0.05) is 32.9 Å². The summed E-state index contributed by atoms with van der Waals surface area (Å²) < 4.78 is 25.2. The zero-order valence-electron chi connectivity index (χ0n) is 18.9. The molecule has 3 rings (SSSR count). The predicted octanol–water partition coefficient (Wildman–Crippen LogP) is 3.24. The summed E-state index contributed by atoms with van der Waals surface area (Å²) in [5.74, 6) is 1.87. The molecule has 1 aliphatic heterocycles. The summed E-state index contributed by atoms with van der Waals surface area (Å²) in [6.45, 7) is 12.9. The molecule has 0 spiro atoms. The Balaban J connectivity index is 1.70. The molecule has 1 unspecified atom stereocenters. The fourth-order valence-corrected chi connectivity index (χ4v) is 3.47. The number of halogens is 1. The molecule has 0 saturated carbocycles. The number of rotatable bonds is 7. The number of nitrogens with one attached hydrogen (secondary N) is 2. The van der Waals surface area contributed by atoms with Crippen molar-refractivity contribution in [3.8, 4) is 0 Å². The number of aromatic nitrogens is 1. The van der Waals surface area contributed by atoms with Crippen LogP contribution >= 0.6 is 0 Å². The first-order chi connectivity index (χ1) is 14.9. The molecule has 0 aliphatic carbocycles. The number of ether oxygens (including phenoxy) is 1. The maximum Gasteiger partial charge on any atom is 0.216 e. The van der Waals surface area contributed by atoms with Gasteiger partial charge in [0.2, 0.25) is 5.89 Å². The highest BCUT2D eigenvalue weighted by molar-refractivity contribution is 5.79. The van der Waals surface area contributed by atoms with Gasteiger partial charge < -0.3 is 19.8 Å². The first kappa shape index (κ1) is 23.2. The minimum absolute atomic E-state index is 0.0117. The second-order valence-corrected chi connectivity index (χ2v) is 8.66. The lowest BCUT2D eigenvalue weighted by Crippen LogP contribution is -2.46. The molecule has 2 N–H and O–H groups in total. The topological polar surface area (TPSA) is 74.9 Å². The predicted molar refractivity (Wildman–Crippen MR) is 120 cm³/mol. The van der Waals surface area contributed by atoms with Crippen molar-refractivity contribution >= 4 is 5.96 Å². The van der Waals surface area contributed by atoms with Gasteiger partial charge in [-0.05, 0) is 24.6 Å². The smallest absolute Gasteiger partial charge is 0.216 e. The first-order valence-corrected chi connectivity index (χ1v) is 10.9. The number of morpholine rings is 1. The van der Waals surface area contributed by atoms with Gasteiger partial charge >= 0.3 is 0 Å². The van der Waals surface area contributed by atoms with Gasteiger partial charge in [0, 0.05) is 31.6 Å². The molecule has 2 heterocycles. The Morgan fingerprint density at radius 2 is 2.03 bits per heavy atom. The summed E-state index contributed by atoms with van der Waals surface area (Å²) in [7, 11) is 0. The van der Waals surface area contributed by atoms with E-state index >= 15 is 0 Å². The fourth-order valence-electron chi connectivity index (χ4n) is 3.47. The summed E-state index contributed by atoms with van der Waals surface area (Å²) >= 11 is 0. The third kappa shape index (κ3) is 6.77. The Bertz CT molecular complexity index is 856. The van der Waals surface area contributed by atoms with Crippen molar-refractivity contribution in [2.45, 2.75) is 45.7 Å². The number of oxazole rings is 1. The van der Waals surface area contributed by atoms with Crippen LogP contribution in [0.25, 0.3) is 0 Å². The van der Waals surface area contributed by atoms with Crippen molar-refractivity contribution in [1.82, 2.24) is 20.5 Å². The van der Waals surface area contributed by atoms with Gasteiger partial charge in [-0.3, -0.25) is 4.90 Å². The van der Waals surface area contributed by atoms with E-state index in [0.29, 0.717) is 38.2 Å². The fraction of sp³-hybridized carbons (Fsp3) is 0.565. The van der Waals surface area contributed by atoms with Gasteiger partial charge in [0.15, 0.2) is 5.96 Å². The number of benzene rings is 1. The van der Waals surface area contributed by atoms with E-state index in [1.54, 1.807) is 18.3 Å². The molecule has 170 valence electrons. The van der Waals surface area contributed by atoms with Crippen molar-refractivity contribution in [2.75, 3.05) is 39.4 Å². The van der Waals surface area contributed by atoms with Gasteiger partial charge in [0.1, 0.15) is 18.1 Å². The second kappa shape index (κ2) is 10.7. The third-order valence-electron chi connectivity index (χ3n) is 5.19. The second-order valence-electron chi connectivity index (χ2n) is 8.66. The third-order valence-corrected chi connectivity index (χ3v) is 5.19. The molecule has 2 aromatic rings. The van der Waals surface area contributed by atoms with Crippen molar-refractivity contribution in [3.05, 3.63) is 53.5 Å². The molecular weight excluding hydrogens is 397 g/mol. The largest absolute Gasteiger partial charge is 0.443 e. The van der Waals surface area contributed by atoms with E-state index in [4.69, 9.17) is 9.15 Å². The molecule has 1 aromatic carbocycles. The maximum absolute atomic E-state index is 13.9. The summed E-state index contributed by atoms with van der Waals surface area (Å²) in [6, 6.07) is 6.81. The Hall–Kier alpha value is -2.45. The molecule has 8 heteroatoms. The van der Waals surface area contributed by atoms with Gasteiger partial charge in [0.05, 0.1) is 25.5 Å². The molecule has 31 heavy (non-hydrogen) atoms. The first-order valence-electron chi connectivity index (χ1n) is 10.9. The van der Waals surface area contributed by atoms with E-state index in [9.17, 15) is 4.39 Å². The van der Waals surface area contributed by atoms with E-state index in [-0.39, 0.29) is 17.3 Å². The van der Waals surface area contributed by atoms with Crippen LogP contribution in [0.1, 0.15) is 51.0 Å². The molecular formula is C23H34FN5O2. The molecule has 1 aliphatic rings. The standard InChI is InChI=1S/C23H34FN5O2/c1-5-25-22(28-16-21-26-15-20(31-21)23(2,3)4)27-14-19(29-9-11-30-12-10-29)17-7-6-8-18(24)13-17/h6-8,13,15,19H,5,9-12,14,16H2,1-4H3,(H2,25,27,28). The van der Waals surface area contributed by atoms with Crippen LogP contribution in [0.4, 0.5) is 4.39 Å². The zero-order chi connectivity index (χ0) is 22.3. The Morgan fingerprint density at radius 1 is 1.26 bits per heavy atom. The average molecular weight is 432 g/mol. The molecule has 1 fully saturated rings. The van der Waals surface area contributed by atoms with Gasteiger partial charge in [0.25, 0.3) is 0 Å². The quantitative estimate of drug-likeness (QED) is 0.518. The van der Waals surface area contributed by atoms with E-state index in [1.165, 1.54) is 6.07 Å². The van der Waals surface area contributed by atoms with E-state index in [2.05, 4.69) is 46.3 Å². The van der Waals surface area contributed by atoms with Crippen molar-refractivity contribution in [3.63, 3.8) is 0 Å². The van der Waals surface area contributed by atoms with Gasteiger partial charge in [-0.25, -0.2) is 14.4 Å². The van der Waals surface area contributed by atoms with E-state index in [1.807, 2.05) is 13.0 Å². The Kier molecular flexibility index (Phi) is 8.03. The number of hydrogen-bond donors (Lipinski definition) is 2. The lowest BCUT2D eigenvalue weighted by molar-refractivity contribution is 0.0169. The lowest BCUT2D eigenvalue weighted by atomic mass is 9.94. The van der Waals surface area contributed by atoms with Gasteiger partial charge in [-0.15, -0.1) is 0 Å². The highest BCUT2D eigenvalue weighted by Crippen LogP contribution is 2.23. The summed E-state index contributed by atoms with van der Waals surface area (Å²) in [5, 5.41) is 6.67. The minimum atomic E-state index is -0.227. The molecule has 1 saturated heterocycles. The molecule has 7 nitrogen and oxygen atoms in total. The minimum Gasteiger partial charge on any atom is -0.443 e. The maximum atomic E-state index is 13.9. The lowest BCUT2D eigenvalue weighted by Gasteiger charge is -2.35. The van der Waals surface area contributed by atoms with Gasteiger partial charge in [-0.2, -0.15) is 0 Å². The summed E-state index contributed by atoms with van der Waals surface area (Å²) in [6.07, 6.45) is 1.77. The van der Waals surface area contributed by atoms with Crippen molar-refractivity contribution in [2.24, 2.45) is 4.99 Å². The Labute approximate surface area is 184 Å². The Morgan fingerprint density at radius 3 is 2.68 bits per heavy atom. The summed E-state index contributed by atoms with van der Waals surface area (Å²) in [4.78, 5) is 11.3. The van der Waals surface area contributed by atoms with Crippen LogP contribution in [0.2, 0.25) is 0 Å². The number of hydrogen-bond acceptors (Lipinski definition) is 5. The normalized spacial score (nSPS) is 16.9. The van der Waals surface area contributed by atoms with Crippen molar-refractivity contribution in [1.29, 1.82) is 0 Å². The van der Waals surface area contributed by atoms with Crippen LogP contribution < -0.4 is 10.6 Å². The number of aliphatic imine (C=N–C) groups is 1. The van der Waals surface area contributed by atoms with E-state index < -0.39 is 0 Å². The number of nitrogens with zero attached hydrogens (tertiary/aromatic N) is 3. The van der Waals surface area contributed by atoms with Crippen LogP contribution in [0.3, 0.4) is 0 Å². The van der Waals surface area contributed by atoms with Crippen LogP contribution in [0.5, 0.6) is 0 Å². The highest BCUT2D eigenvalue weighted by Gasteiger charge is 2.23. The molecule has 1 atom stereocenters. The molecule has 0 radical (unpaired) electrons. The number of guanidine groups is 1. The summed E-state index contributed by atoms with van der Waals surface area (Å²) in [5.41, 5.74) is 0.849. The average Bonchev–Trinajstić information content (AvgIpc) is 3.23. The monoisotopic (exact) mass is 431 g/mol. The SMILES string of the molecule is CCNC(=NCc1ncc(C(C)(C)C)o1)NCC(c1cccc(F)c1)N1CCOCC1. The highest BCUT2D eigenvalue weighted by atomic mass is 19.1.